The van der Waals surface area contributed by atoms with Crippen LogP contribution in [0.1, 0.15) is 25.0 Å². The molecule has 0 saturated heterocycles. The van der Waals surface area contributed by atoms with Gasteiger partial charge in [0.05, 0.1) is 0 Å². The Hall–Kier alpha value is -2.60. The predicted molar refractivity (Wildman–Crippen MR) is 97.5 cm³/mol. The summed E-state index contributed by atoms with van der Waals surface area (Å²) in [5, 5.41) is 3.05. The van der Waals surface area contributed by atoms with Gasteiger partial charge in [-0.05, 0) is 25.0 Å². The number of carbonyl (C=O) groups is 1. The van der Waals surface area contributed by atoms with Crippen LogP contribution in [0.2, 0.25) is 0 Å². The number of hydrogen-bond donors (Lipinski definition) is 1. The highest BCUT2D eigenvalue weighted by atomic mass is 32.2. The first kappa shape index (κ1) is 17.2. The maximum Gasteiger partial charge on any atom is 0.285 e. The third-order valence-electron chi connectivity index (χ3n) is 3.98. The molecule has 1 N–H and O–H groups in total. The summed E-state index contributed by atoms with van der Waals surface area (Å²) in [5.41, 5.74) is 1.61. The van der Waals surface area contributed by atoms with Gasteiger partial charge in [-0.1, -0.05) is 60.7 Å². The lowest BCUT2D eigenvalue weighted by molar-refractivity contribution is -0.123. The average Bonchev–Trinajstić information content (AvgIpc) is 2.79. The van der Waals surface area contributed by atoms with E-state index in [-0.39, 0.29) is 10.6 Å². The molecule has 5 nitrogen and oxygen atoms in total. The minimum atomic E-state index is -3.88. The fraction of sp³-hybridized carbons (Fsp3) is 0.211. The van der Waals surface area contributed by atoms with E-state index in [2.05, 4.69) is 5.32 Å². The molecule has 0 aromatic heterocycles. The van der Waals surface area contributed by atoms with E-state index in [1.54, 1.807) is 38.1 Å². The standard InChI is InChI=1S/C19H20N2O3S/c1-14(2)21-19(22)17(20-13-15-9-5-3-6-10-15)18(25(21,23)24)16-11-7-4-8-12-16/h3-12,14,20H,13H2,1-2H3. The van der Waals surface area contributed by atoms with Crippen molar-refractivity contribution in [1.29, 1.82) is 0 Å². The molecule has 0 saturated carbocycles. The topological polar surface area (TPSA) is 66.5 Å². The third-order valence-corrected chi connectivity index (χ3v) is 6.04. The van der Waals surface area contributed by atoms with Crippen molar-refractivity contribution in [2.75, 3.05) is 0 Å². The lowest BCUT2D eigenvalue weighted by atomic mass is 10.1. The summed E-state index contributed by atoms with van der Waals surface area (Å²) in [5.74, 6) is -0.509. The van der Waals surface area contributed by atoms with Crippen molar-refractivity contribution in [3.8, 4) is 0 Å². The van der Waals surface area contributed by atoms with E-state index in [0.717, 1.165) is 9.87 Å². The molecule has 0 spiro atoms. The van der Waals surface area contributed by atoms with Crippen LogP contribution in [0.15, 0.2) is 66.4 Å². The fourth-order valence-corrected chi connectivity index (χ4v) is 4.79. The number of rotatable bonds is 5. The Morgan fingerprint density at radius 1 is 0.960 bits per heavy atom. The Bertz CT molecular complexity index is 904. The van der Waals surface area contributed by atoms with Crippen LogP contribution < -0.4 is 5.32 Å². The van der Waals surface area contributed by atoms with Gasteiger partial charge in [0.15, 0.2) is 0 Å². The van der Waals surface area contributed by atoms with Crippen molar-refractivity contribution < 1.29 is 13.2 Å². The lowest BCUT2D eigenvalue weighted by Gasteiger charge is -2.20. The molecule has 1 heterocycles. The minimum absolute atomic E-state index is 0.0442. The van der Waals surface area contributed by atoms with E-state index in [1.807, 2.05) is 36.4 Å². The number of hydrogen-bond acceptors (Lipinski definition) is 4. The largest absolute Gasteiger partial charge is 0.375 e. The zero-order valence-corrected chi connectivity index (χ0v) is 15.0. The highest BCUT2D eigenvalue weighted by Gasteiger charge is 2.45. The Kier molecular flexibility index (Phi) is 4.63. The van der Waals surface area contributed by atoms with Gasteiger partial charge in [-0.2, -0.15) is 0 Å². The summed E-state index contributed by atoms with van der Waals surface area (Å²) >= 11 is 0. The van der Waals surface area contributed by atoms with Crippen molar-refractivity contribution in [1.82, 2.24) is 9.62 Å². The number of sulfonamides is 1. The van der Waals surface area contributed by atoms with E-state index in [9.17, 15) is 13.2 Å². The van der Waals surface area contributed by atoms with Gasteiger partial charge in [-0.15, -0.1) is 0 Å². The van der Waals surface area contributed by atoms with Crippen LogP contribution in [-0.2, 0) is 21.4 Å². The Balaban J connectivity index is 2.06. The van der Waals surface area contributed by atoms with Gasteiger partial charge in [-0.3, -0.25) is 4.79 Å². The van der Waals surface area contributed by atoms with E-state index in [4.69, 9.17) is 0 Å². The zero-order valence-electron chi connectivity index (χ0n) is 14.1. The molecule has 6 heteroatoms. The highest BCUT2D eigenvalue weighted by Crippen LogP contribution is 2.35. The average molecular weight is 356 g/mol. The second-order valence-electron chi connectivity index (χ2n) is 6.11. The molecule has 1 amide bonds. The van der Waals surface area contributed by atoms with Crippen molar-refractivity contribution in [3.05, 3.63) is 77.5 Å². The molecule has 25 heavy (non-hydrogen) atoms. The molecule has 2 aromatic rings. The summed E-state index contributed by atoms with van der Waals surface area (Å²) in [7, 11) is -3.88. The first-order valence-electron chi connectivity index (χ1n) is 8.09. The molecule has 0 fully saturated rings. The van der Waals surface area contributed by atoms with Crippen molar-refractivity contribution in [2.24, 2.45) is 0 Å². The SMILES string of the molecule is CC(C)N1C(=O)C(NCc2ccccc2)=C(c2ccccc2)S1(=O)=O. The zero-order chi connectivity index (χ0) is 18.0. The minimum Gasteiger partial charge on any atom is -0.375 e. The first-order chi connectivity index (χ1) is 11.9. The summed E-state index contributed by atoms with van der Waals surface area (Å²) in [6.45, 7) is 3.76. The van der Waals surface area contributed by atoms with Crippen LogP contribution in [-0.4, -0.2) is 24.7 Å². The molecule has 3 rings (SSSR count). The van der Waals surface area contributed by atoms with Crippen LogP contribution in [0, 0.1) is 0 Å². The summed E-state index contributed by atoms with van der Waals surface area (Å²) in [6.07, 6.45) is 0. The van der Waals surface area contributed by atoms with E-state index in [1.165, 1.54) is 0 Å². The van der Waals surface area contributed by atoms with Gasteiger partial charge in [0.25, 0.3) is 15.9 Å². The molecule has 0 atom stereocenters. The quantitative estimate of drug-likeness (QED) is 0.895. The monoisotopic (exact) mass is 356 g/mol. The normalized spacial score (nSPS) is 16.6. The van der Waals surface area contributed by atoms with Crippen LogP contribution in [0.25, 0.3) is 4.91 Å². The van der Waals surface area contributed by atoms with Crippen molar-refractivity contribution >= 4 is 20.8 Å². The molecule has 130 valence electrons. The van der Waals surface area contributed by atoms with Gasteiger partial charge >= 0.3 is 0 Å². The second-order valence-corrected chi connectivity index (χ2v) is 7.86. The maximum atomic E-state index is 13.0. The third kappa shape index (κ3) is 3.17. The van der Waals surface area contributed by atoms with Gasteiger partial charge in [0, 0.05) is 12.6 Å². The van der Waals surface area contributed by atoms with E-state index >= 15 is 0 Å². The van der Waals surface area contributed by atoms with E-state index in [0.29, 0.717) is 12.1 Å². The molecule has 0 radical (unpaired) electrons. The van der Waals surface area contributed by atoms with Crippen LogP contribution >= 0.6 is 0 Å². The van der Waals surface area contributed by atoms with Gasteiger partial charge in [0.2, 0.25) is 0 Å². The number of benzene rings is 2. The van der Waals surface area contributed by atoms with Gasteiger partial charge in [-0.25, -0.2) is 12.7 Å². The lowest BCUT2D eigenvalue weighted by Crippen LogP contribution is -2.38. The molecule has 1 aliphatic rings. The van der Waals surface area contributed by atoms with Crippen LogP contribution in [0.4, 0.5) is 0 Å². The summed E-state index contributed by atoms with van der Waals surface area (Å²) in [4.78, 5) is 12.8. The van der Waals surface area contributed by atoms with Crippen molar-refractivity contribution in [3.63, 3.8) is 0 Å². The number of nitrogens with zero attached hydrogens (tertiary/aromatic N) is 1. The smallest absolute Gasteiger partial charge is 0.285 e. The molecular formula is C19H20N2O3S. The highest BCUT2D eigenvalue weighted by molar-refractivity contribution is 7.99. The molecule has 1 aliphatic heterocycles. The molecule has 0 aliphatic carbocycles. The van der Waals surface area contributed by atoms with Crippen molar-refractivity contribution in [2.45, 2.75) is 26.4 Å². The molecule has 0 bridgehead atoms. The Morgan fingerprint density at radius 3 is 2.08 bits per heavy atom. The second kappa shape index (κ2) is 6.72. The molecule has 2 aromatic carbocycles. The number of amides is 1. The Labute approximate surface area is 148 Å². The first-order valence-corrected chi connectivity index (χ1v) is 9.53. The number of carbonyl (C=O) groups excluding carboxylic acids is 1. The predicted octanol–water partition coefficient (Wildman–Crippen LogP) is 2.73. The fourth-order valence-electron chi connectivity index (χ4n) is 2.88. The van der Waals surface area contributed by atoms with E-state index < -0.39 is 22.0 Å². The van der Waals surface area contributed by atoms with Crippen LogP contribution in [0.5, 0.6) is 0 Å². The molecular weight excluding hydrogens is 336 g/mol. The van der Waals surface area contributed by atoms with Gasteiger partial charge < -0.3 is 5.32 Å². The van der Waals surface area contributed by atoms with Crippen LogP contribution in [0.3, 0.4) is 0 Å². The van der Waals surface area contributed by atoms with Gasteiger partial charge in [0.1, 0.15) is 10.6 Å². The number of nitrogens with one attached hydrogen (secondary N) is 1. The summed E-state index contributed by atoms with van der Waals surface area (Å²) in [6, 6.07) is 17.8. The summed E-state index contributed by atoms with van der Waals surface area (Å²) < 4.78 is 26.9. The maximum absolute atomic E-state index is 13.0. The Morgan fingerprint density at radius 2 is 1.52 bits per heavy atom. The molecule has 0 unspecified atom stereocenters.